The van der Waals surface area contributed by atoms with Gasteiger partial charge in [0.05, 0.1) is 19.6 Å². The van der Waals surface area contributed by atoms with E-state index in [-0.39, 0.29) is 18.0 Å². The lowest BCUT2D eigenvalue weighted by Gasteiger charge is -2.33. The molecule has 1 N–H and O–H groups in total. The Bertz CT molecular complexity index is 665. The number of hydrogen-bond donors (Lipinski definition) is 1. The molecule has 0 atom stereocenters. The number of guanidine groups is 1. The van der Waals surface area contributed by atoms with E-state index in [2.05, 4.69) is 22.1 Å². The molecule has 0 bridgehead atoms. The van der Waals surface area contributed by atoms with Crippen molar-refractivity contribution in [2.24, 2.45) is 10.9 Å². The van der Waals surface area contributed by atoms with E-state index in [4.69, 9.17) is 14.5 Å². The van der Waals surface area contributed by atoms with Gasteiger partial charge in [0.15, 0.2) is 5.96 Å². The van der Waals surface area contributed by atoms with Gasteiger partial charge in [-0.05, 0) is 51.5 Å². The fourth-order valence-electron chi connectivity index (χ4n) is 3.89. The first kappa shape index (κ1) is 20.4. The van der Waals surface area contributed by atoms with E-state index in [1.54, 1.807) is 6.20 Å². The molecule has 0 spiro atoms. The van der Waals surface area contributed by atoms with Crippen molar-refractivity contribution in [2.75, 3.05) is 26.7 Å². The number of esters is 1. The first-order valence-electron chi connectivity index (χ1n) is 10.4. The summed E-state index contributed by atoms with van der Waals surface area (Å²) < 4.78 is 11.0. The number of carbonyl (C=O) groups is 1. The van der Waals surface area contributed by atoms with Gasteiger partial charge >= 0.3 is 5.97 Å². The van der Waals surface area contributed by atoms with E-state index in [1.165, 1.54) is 20.0 Å². The van der Waals surface area contributed by atoms with Gasteiger partial charge in [-0.25, -0.2) is 9.98 Å². The van der Waals surface area contributed by atoms with Crippen LogP contribution < -0.4 is 10.1 Å². The van der Waals surface area contributed by atoms with Crippen LogP contribution in [0, 0.1) is 5.92 Å². The average molecular weight is 389 g/mol. The average Bonchev–Trinajstić information content (AvgIpc) is 3.25. The summed E-state index contributed by atoms with van der Waals surface area (Å²) in [7, 11) is 1.46. The summed E-state index contributed by atoms with van der Waals surface area (Å²) in [5, 5.41) is 3.37. The zero-order valence-corrected chi connectivity index (χ0v) is 17.0. The Labute approximate surface area is 167 Å². The highest BCUT2D eigenvalue weighted by Gasteiger charge is 2.27. The van der Waals surface area contributed by atoms with Crippen LogP contribution in [0.15, 0.2) is 23.3 Å². The van der Waals surface area contributed by atoms with Crippen LogP contribution in [0.3, 0.4) is 0 Å². The maximum Gasteiger partial charge on any atom is 0.308 e. The van der Waals surface area contributed by atoms with E-state index in [1.807, 2.05) is 12.1 Å². The number of carbonyl (C=O) groups excluding carboxylic acids is 1. The third kappa shape index (κ3) is 5.36. The van der Waals surface area contributed by atoms with Gasteiger partial charge in [-0.2, -0.15) is 0 Å². The van der Waals surface area contributed by atoms with Crippen LogP contribution in [0.25, 0.3) is 0 Å². The standard InChI is InChI=1S/C21H32N4O3/c1-3-22-21(25-13-10-16(11-14-25)20(26)27-2)24-15-17-7-6-12-23-19(17)28-18-8-4-5-9-18/h6-7,12,16,18H,3-5,8-11,13-15H2,1-2H3,(H,22,24). The van der Waals surface area contributed by atoms with Gasteiger partial charge in [0.2, 0.25) is 5.88 Å². The Morgan fingerprint density at radius 3 is 2.71 bits per heavy atom. The molecule has 1 aromatic heterocycles. The van der Waals surface area contributed by atoms with Crippen LogP contribution in [0.1, 0.15) is 51.0 Å². The monoisotopic (exact) mass is 388 g/mol. The maximum absolute atomic E-state index is 11.8. The van der Waals surface area contributed by atoms with Gasteiger partial charge in [-0.3, -0.25) is 4.79 Å². The zero-order chi connectivity index (χ0) is 19.8. The molecule has 3 rings (SSSR count). The molecule has 1 aromatic rings. The first-order valence-corrected chi connectivity index (χ1v) is 10.4. The molecule has 7 heteroatoms. The Hall–Kier alpha value is -2.31. The lowest BCUT2D eigenvalue weighted by molar-refractivity contribution is -0.146. The van der Waals surface area contributed by atoms with Gasteiger partial charge in [-0.15, -0.1) is 0 Å². The molecule has 7 nitrogen and oxygen atoms in total. The number of hydrogen-bond acceptors (Lipinski definition) is 5. The summed E-state index contributed by atoms with van der Waals surface area (Å²) in [5.74, 6) is 1.47. The molecule has 1 aliphatic carbocycles. The number of likely N-dealkylation sites (tertiary alicyclic amines) is 1. The Kier molecular flexibility index (Phi) is 7.51. The molecule has 0 amide bonds. The number of pyridine rings is 1. The van der Waals surface area contributed by atoms with Crippen LogP contribution >= 0.6 is 0 Å². The van der Waals surface area contributed by atoms with Crippen molar-refractivity contribution in [3.8, 4) is 5.88 Å². The predicted octanol–water partition coefficient (Wildman–Crippen LogP) is 2.75. The number of methoxy groups -OCH3 is 1. The van der Waals surface area contributed by atoms with Crippen LogP contribution in [-0.2, 0) is 16.1 Å². The van der Waals surface area contributed by atoms with Crippen molar-refractivity contribution < 1.29 is 14.3 Å². The predicted molar refractivity (Wildman–Crippen MR) is 108 cm³/mol. The number of nitrogens with one attached hydrogen (secondary N) is 1. The van der Waals surface area contributed by atoms with Crippen molar-refractivity contribution in [2.45, 2.75) is 58.1 Å². The number of aliphatic imine (C=N–C) groups is 1. The van der Waals surface area contributed by atoms with E-state index in [0.717, 1.165) is 56.8 Å². The molecule has 0 radical (unpaired) electrons. The van der Waals surface area contributed by atoms with E-state index < -0.39 is 0 Å². The molecule has 2 fully saturated rings. The fourth-order valence-corrected chi connectivity index (χ4v) is 3.89. The second-order valence-corrected chi connectivity index (χ2v) is 7.45. The number of aromatic nitrogens is 1. The third-order valence-corrected chi connectivity index (χ3v) is 5.49. The number of rotatable bonds is 6. The second-order valence-electron chi connectivity index (χ2n) is 7.45. The van der Waals surface area contributed by atoms with E-state index in [9.17, 15) is 4.79 Å². The van der Waals surface area contributed by atoms with Gasteiger partial charge < -0.3 is 19.7 Å². The molecule has 0 aromatic carbocycles. The summed E-state index contributed by atoms with van der Waals surface area (Å²) in [6.07, 6.45) is 8.33. The molecular weight excluding hydrogens is 356 g/mol. The molecule has 154 valence electrons. The van der Waals surface area contributed by atoms with Crippen molar-refractivity contribution in [1.82, 2.24) is 15.2 Å². The topological polar surface area (TPSA) is 76.1 Å². The largest absolute Gasteiger partial charge is 0.474 e. The SMILES string of the molecule is CCNC(=NCc1cccnc1OC1CCCC1)N1CCC(C(=O)OC)CC1. The molecule has 28 heavy (non-hydrogen) atoms. The normalized spacial score (nSPS) is 18.9. The van der Waals surface area contributed by atoms with Crippen molar-refractivity contribution in [3.63, 3.8) is 0 Å². The number of piperidine rings is 1. The van der Waals surface area contributed by atoms with Crippen LogP contribution in [0.2, 0.25) is 0 Å². The Morgan fingerprint density at radius 1 is 1.29 bits per heavy atom. The highest BCUT2D eigenvalue weighted by molar-refractivity contribution is 5.80. The maximum atomic E-state index is 11.8. The van der Waals surface area contributed by atoms with Crippen molar-refractivity contribution in [3.05, 3.63) is 23.9 Å². The van der Waals surface area contributed by atoms with Crippen LogP contribution in [0.4, 0.5) is 0 Å². The van der Waals surface area contributed by atoms with Gasteiger partial charge in [0.25, 0.3) is 0 Å². The van der Waals surface area contributed by atoms with Crippen LogP contribution in [0.5, 0.6) is 5.88 Å². The lowest BCUT2D eigenvalue weighted by atomic mass is 9.97. The molecule has 2 heterocycles. The smallest absolute Gasteiger partial charge is 0.308 e. The third-order valence-electron chi connectivity index (χ3n) is 5.49. The Balaban J connectivity index is 1.64. The van der Waals surface area contributed by atoms with Crippen molar-refractivity contribution in [1.29, 1.82) is 0 Å². The van der Waals surface area contributed by atoms with E-state index >= 15 is 0 Å². The minimum Gasteiger partial charge on any atom is -0.474 e. The second kappa shape index (κ2) is 10.3. The summed E-state index contributed by atoms with van der Waals surface area (Å²) in [6, 6.07) is 3.97. The Morgan fingerprint density at radius 2 is 2.04 bits per heavy atom. The molecule has 1 saturated heterocycles. The zero-order valence-electron chi connectivity index (χ0n) is 17.0. The van der Waals surface area contributed by atoms with Gasteiger partial charge in [0, 0.05) is 31.4 Å². The molecular formula is C21H32N4O3. The molecule has 0 unspecified atom stereocenters. The fraction of sp³-hybridized carbons (Fsp3) is 0.667. The number of nitrogens with zero attached hydrogens (tertiary/aromatic N) is 3. The number of ether oxygens (including phenoxy) is 2. The van der Waals surface area contributed by atoms with Gasteiger partial charge in [0.1, 0.15) is 6.10 Å². The van der Waals surface area contributed by atoms with Crippen LogP contribution in [-0.4, -0.2) is 54.7 Å². The molecule has 1 aliphatic heterocycles. The minimum atomic E-state index is -0.106. The summed E-state index contributed by atoms with van der Waals surface area (Å²) in [5.41, 5.74) is 1.01. The first-order chi connectivity index (χ1) is 13.7. The minimum absolute atomic E-state index is 0.00568. The summed E-state index contributed by atoms with van der Waals surface area (Å²) >= 11 is 0. The molecule has 2 aliphatic rings. The van der Waals surface area contributed by atoms with Gasteiger partial charge in [-0.1, -0.05) is 6.07 Å². The van der Waals surface area contributed by atoms with E-state index in [0.29, 0.717) is 12.4 Å². The van der Waals surface area contributed by atoms with Crippen molar-refractivity contribution >= 4 is 11.9 Å². The molecule has 1 saturated carbocycles. The highest BCUT2D eigenvalue weighted by Crippen LogP contribution is 2.25. The lowest BCUT2D eigenvalue weighted by Crippen LogP contribution is -2.46. The summed E-state index contributed by atoms with van der Waals surface area (Å²) in [6.45, 7) is 4.98. The highest BCUT2D eigenvalue weighted by atomic mass is 16.5. The quantitative estimate of drug-likeness (QED) is 0.459. The summed E-state index contributed by atoms with van der Waals surface area (Å²) in [4.78, 5) is 23.2.